The van der Waals surface area contributed by atoms with Gasteiger partial charge in [-0.05, 0) is 40.2 Å². The molecule has 0 saturated heterocycles. The van der Waals surface area contributed by atoms with Crippen LogP contribution in [0, 0.1) is 0 Å². The third-order valence-electron chi connectivity index (χ3n) is 3.05. The van der Waals surface area contributed by atoms with Gasteiger partial charge in [-0.3, -0.25) is 4.79 Å². The molecule has 1 heterocycles. The van der Waals surface area contributed by atoms with Gasteiger partial charge in [-0.25, -0.2) is 0 Å². The third-order valence-corrected chi connectivity index (χ3v) is 4.94. The lowest BCUT2D eigenvalue weighted by atomic mass is 10.1. The first-order valence-corrected chi connectivity index (χ1v) is 8.36. The number of halogens is 2. The Morgan fingerprint density at radius 3 is 2.59 bits per heavy atom. The molecule has 0 saturated carbocycles. The van der Waals surface area contributed by atoms with Crippen molar-refractivity contribution in [3.63, 3.8) is 0 Å². The van der Waals surface area contributed by atoms with Gasteiger partial charge in [0.25, 0.3) is 5.91 Å². The number of thiophene rings is 1. The van der Waals surface area contributed by atoms with Gasteiger partial charge in [0.1, 0.15) is 0 Å². The molecule has 2 rings (SSSR count). The maximum Gasteiger partial charge on any atom is 0.254 e. The summed E-state index contributed by atoms with van der Waals surface area (Å²) < 4.78 is 11.4. The summed E-state index contributed by atoms with van der Waals surface area (Å²) in [7, 11) is 4.77. The number of carbonyl (C=O) groups excluding carboxylic acids is 1. The van der Waals surface area contributed by atoms with Crippen LogP contribution in [0.15, 0.2) is 28.1 Å². The molecule has 0 aliphatic heterocycles. The molecule has 0 aliphatic rings. The summed E-state index contributed by atoms with van der Waals surface area (Å²) in [6, 6.07) is 7.17. The van der Waals surface area contributed by atoms with Gasteiger partial charge in [-0.2, -0.15) is 0 Å². The molecule has 1 amide bonds. The molecule has 0 spiro atoms. The van der Waals surface area contributed by atoms with Gasteiger partial charge >= 0.3 is 0 Å². The van der Waals surface area contributed by atoms with Gasteiger partial charge in [-0.1, -0.05) is 11.6 Å². The quantitative estimate of drug-likeness (QED) is 0.739. The van der Waals surface area contributed by atoms with Crippen molar-refractivity contribution < 1.29 is 14.3 Å². The largest absolute Gasteiger partial charge is 0.493 e. The van der Waals surface area contributed by atoms with Crippen LogP contribution in [0.4, 0.5) is 0 Å². The molecule has 0 fully saturated rings. The van der Waals surface area contributed by atoms with Crippen LogP contribution in [0.2, 0.25) is 5.02 Å². The van der Waals surface area contributed by atoms with Crippen LogP contribution in [0.3, 0.4) is 0 Å². The number of ether oxygens (including phenoxy) is 2. The second kappa shape index (κ2) is 7.35. The molecule has 0 aliphatic carbocycles. The summed E-state index contributed by atoms with van der Waals surface area (Å²) >= 11 is 11.2. The number of amides is 1. The van der Waals surface area contributed by atoms with Crippen molar-refractivity contribution in [2.75, 3.05) is 21.3 Å². The fourth-order valence-electron chi connectivity index (χ4n) is 2.00. The molecule has 0 radical (unpaired) electrons. The van der Waals surface area contributed by atoms with Gasteiger partial charge in [-0.15, -0.1) is 11.3 Å². The van der Waals surface area contributed by atoms with Crippen molar-refractivity contribution in [2.24, 2.45) is 0 Å². The minimum absolute atomic E-state index is 0.132. The van der Waals surface area contributed by atoms with Crippen molar-refractivity contribution in [3.8, 4) is 11.5 Å². The Morgan fingerprint density at radius 2 is 2.05 bits per heavy atom. The summed E-state index contributed by atoms with van der Waals surface area (Å²) in [5.41, 5.74) is 0.459. The molecule has 0 unspecified atom stereocenters. The van der Waals surface area contributed by atoms with Gasteiger partial charge in [0.2, 0.25) is 0 Å². The molecule has 2 aromatic rings. The summed E-state index contributed by atoms with van der Waals surface area (Å²) in [4.78, 5) is 15.3. The highest BCUT2D eigenvalue weighted by atomic mass is 79.9. The average molecular weight is 405 g/mol. The fraction of sp³-hybridized carbons (Fsp3) is 0.267. The zero-order valence-electron chi connectivity index (χ0n) is 12.4. The molecule has 1 aromatic carbocycles. The number of hydrogen-bond donors (Lipinski definition) is 0. The summed E-state index contributed by atoms with van der Waals surface area (Å²) in [5, 5.41) is 0.345. The minimum Gasteiger partial charge on any atom is -0.493 e. The van der Waals surface area contributed by atoms with Crippen molar-refractivity contribution in [1.82, 2.24) is 4.90 Å². The van der Waals surface area contributed by atoms with Gasteiger partial charge in [0, 0.05) is 17.5 Å². The van der Waals surface area contributed by atoms with E-state index in [2.05, 4.69) is 15.9 Å². The molecule has 0 N–H and O–H groups in total. The molecule has 22 heavy (non-hydrogen) atoms. The number of carbonyl (C=O) groups is 1. The van der Waals surface area contributed by atoms with E-state index in [1.165, 1.54) is 14.2 Å². The predicted octanol–water partition coefficient (Wildman–Crippen LogP) is 4.45. The van der Waals surface area contributed by atoms with Crippen LogP contribution < -0.4 is 9.47 Å². The van der Waals surface area contributed by atoms with E-state index in [1.54, 1.807) is 35.4 Å². The van der Waals surface area contributed by atoms with Crippen LogP contribution in [0.25, 0.3) is 0 Å². The Balaban J connectivity index is 2.23. The van der Waals surface area contributed by atoms with Crippen molar-refractivity contribution in [3.05, 3.63) is 43.5 Å². The van der Waals surface area contributed by atoms with Crippen molar-refractivity contribution in [2.45, 2.75) is 6.54 Å². The van der Waals surface area contributed by atoms with E-state index in [0.717, 1.165) is 8.66 Å². The monoisotopic (exact) mass is 403 g/mol. The van der Waals surface area contributed by atoms with E-state index in [4.69, 9.17) is 21.1 Å². The fourth-order valence-corrected chi connectivity index (χ4v) is 3.83. The molecular weight excluding hydrogens is 390 g/mol. The first-order valence-electron chi connectivity index (χ1n) is 6.37. The molecule has 0 bridgehead atoms. The Kier molecular flexibility index (Phi) is 5.72. The van der Waals surface area contributed by atoms with Crippen LogP contribution in [0.5, 0.6) is 11.5 Å². The second-order valence-electron chi connectivity index (χ2n) is 4.56. The van der Waals surface area contributed by atoms with Crippen LogP contribution in [-0.2, 0) is 6.54 Å². The van der Waals surface area contributed by atoms with Crippen molar-refractivity contribution >= 4 is 44.8 Å². The van der Waals surface area contributed by atoms with Crippen molar-refractivity contribution in [1.29, 1.82) is 0 Å². The smallest absolute Gasteiger partial charge is 0.254 e. The topological polar surface area (TPSA) is 38.8 Å². The average Bonchev–Trinajstić information content (AvgIpc) is 2.90. The molecule has 7 heteroatoms. The molecular formula is C15H15BrClNO3S. The number of methoxy groups -OCH3 is 2. The maximum absolute atomic E-state index is 12.5. The molecule has 118 valence electrons. The van der Waals surface area contributed by atoms with E-state index < -0.39 is 0 Å². The molecule has 4 nitrogen and oxygen atoms in total. The third kappa shape index (κ3) is 3.74. The first-order chi connectivity index (χ1) is 10.5. The van der Waals surface area contributed by atoms with E-state index in [-0.39, 0.29) is 5.91 Å². The number of benzene rings is 1. The van der Waals surface area contributed by atoms with Gasteiger partial charge in [0.05, 0.1) is 29.6 Å². The lowest BCUT2D eigenvalue weighted by Gasteiger charge is -2.18. The van der Waals surface area contributed by atoms with Crippen LogP contribution >= 0.6 is 38.9 Å². The molecule has 0 atom stereocenters. The SMILES string of the molecule is COc1cc(C(=O)N(C)Cc2ccc(Br)s2)cc(Cl)c1OC. The normalized spacial score (nSPS) is 10.4. The number of rotatable bonds is 5. The Morgan fingerprint density at radius 1 is 1.32 bits per heavy atom. The van der Waals surface area contributed by atoms with Crippen LogP contribution in [0.1, 0.15) is 15.2 Å². The minimum atomic E-state index is -0.132. The Labute approximate surface area is 146 Å². The second-order valence-corrected chi connectivity index (χ2v) is 7.52. The summed E-state index contributed by atoms with van der Waals surface area (Å²) in [6.07, 6.45) is 0. The van der Waals surface area contributed by atoms with E-state index in [9.17, 15) is 4.79 Å². The Hall–Kier alpha value is -1.24. The van der Waals surface area contributed by atoms with Crippen LogP contribution in [-0.4, -0.2) is 32.1 Å². The Bertz CT molecular complexity index is 689. The number of nitrogens with zero attached hydrogens (tertiary/aromatic N) is 1. The zero-order chi connectivity index (χ0) is 16.3. The summed E-state index contributed by atoms with van der Waals surface area (Å²) in [5.74, 6) is 0.726. The highest BCUT2D eigenvalue weighted by molar-refractivity contribution is 9.11. The standard InChI is InChI=1S/C15H15BrClNO3S/c1-18(8-10-4-5-13(16)22-10)15(19)9-6-11(17)14(21-3)12(7-9)20-2/h4-7H,8H2,1-3H3. The highest BCUT2D eigenvalue weighted by Gasteiger charge is 2.18. The molecule has 1 aromatic heterocycles. The summed E-state index contributed by atoms with van der Waals surface area (Å²) in [6.45, 7) is 0.529. The van der Waals surface area contributed by atoms with E-state index >= 15 is 0 Å². The maximum atomic E-state index is 12.5. The zero-order valence-corrected chi connectivity index (χ0v) is 15.5. The lowest BCUT2D eigenvalue weighted by molar-refractivity contribution is 0.0786. The highest BCUT2D eigenvalue weighted by Crippen LogP contribution is 2.36. The van der Waals surface area contributed by atoms with Gasteiger partial charge in [0.15, 0.2) is 11.5 Å². The lowest BCUT2D eigenvalue weighted by Crippen LogP contribution is -2.25. The van der Waals surface area contributed by atoms with Gasteiger partial charge < -0.3 is 14.4 Å². The van der Waals surface area contributed by atoms with E-state index in [1.807, 2.05) is 12.1 Å². The predicted molar refractivity (Wildman–Crippen MR) is 92.4 cm³/mol. The number of hydrogen-bond acceptors (Lipinski definition) is 4. The first kappa shape index (κ1) is 17.1. The van der Waals surface area contributed by atoms with E-state index in [0.29, 0.717) is 28.6 Å².